The van der Waals surface area contributed by atoms with Crippen molar-refractivity contribution in [1.29, 1.82) is 0 Å². The molecular weight excluding hydrogens is 699 g/mol. The van der Waals surface area contributed by atoms with Gasteiger partial charge in [-0.2, -0.15) is 21.1 Å². The van der Waals surface area contributed by atoms with Crippen molar-refractivity contribution in [3.63, 3.8) is 0 Å². The number of thioether (sulfide) groups is 1. The van der Waals surface area contributed by atoms with Crippen LogP contribution in [-0.2, 0) is 23.8 Å². The first-order valence-electron chi connectivity index (χ1n) is 16.6. The number of hydrogen-bond acceptors (Lipinski definition) is 13. The summed E-state index contributed by atoms with van der Waals surface area (Å²) in [6.07, 6.45) is -0.0644. The fourth-order valence-electron chi connectivity index (χ4n) is 4.16. The van der Waals surface area contributed by atoms with E-state index in [0.29, 0.717) is 12.2 Å². The van der Waals surface area contributed by atoms with Gasteiger partial charge < -0.3 is 24.8 Å². The number of nitrogens with one attached hydrogen (secondary N) is 4. The predicted molar refractivity (Wildman–Crippen MR) is 199 cm³/mol. The van der Waals surface area contributed by atoms with Crippen LogP contribution < -0.4 is 21.3 Å². The van der Waals surface area contributed by atoms with Gasteiger partial charge in [-0.25, -0.2) is 14.4 Å². The molecule has 0 spiro atoms. The molecule has 0 saturated heterocycles. The molecule has 2 aromatic rings. The Bertz CT molecular complexity index is 1460. The molecule has 1 heterocycles. The summed E-state index contributed by atoms with van der Waals surface area (Å²) in [6, 6.07) is 8.40. The summed E-state index contributed by atoms with van der Waals surface area (Å²) in [5.74, 6) is -1.15. The zero-order valence-corrected chi connectivity index (χ0v) is 32.4. The summed E-state index contributed by atoms with van der Waals surface area (Å²) in [7, 11) is 0. The standard InChI is InChI=1S/C34H51N7O8S2/c1-10-21(2)47-30(44)36-24(20-50-9)25(42)19-23(27(43)38-29-37-26(41-51-29)22-15-12-11-13-16-22)17-14-18-35-28(39-31(45)48-33(3,4)5)40-32(46)49-34(6,7)8/h11-13,15-16,21,23-24H,10,14,17-20H2,1-9H3,(H,36,44)(H,37,38,41,43)(H2,35,39,40,45,46)/t21?,23?,24-/m0/s1. The molecule has 4 N–H and O–H groups in total. The summed E-state index contributed by atoms with van der Waals surface area (Å²) in [4.78, 5) is 73.4. The van der Waals surface area contributed by atoms with Crippen LogP contribution in [0.25, 0.3) is 11.4 Å². The second kappa shape index (κ2) is 20.6. The lowest BCUT2D eigenvalue weighted by molar-refractivity contribution is -0.127. The molecule has 0 aliphatic rings. The average molecular weight is 750 g/mol. The van der Waals surface area contributed by atoms with Gasteiger partial charge in [0, 0.05) is 41.7 Å². The van der Waals surface area contributed by atoms with Gasteiger partial charge in [0.25, 0.3) is 0 Å². The van der Waals surface area contributed by atoms with E-state index >= 15 is 0 Å². The van der Waals surface area contributed by atoms with Crippen LogP contribution in [0.3, 0.4) is 0 Å². The molecule has 17 heteroatoms. The Morgan fingerprint density at radius 2 is 1.55 bits per heavy atom. The van der Waals surface area contributed by atoms with Crippen molar-refractivity contribution in [2.45, 2.75) is 104 Å². The SMILES string of the molecule is CCC(C)OC(=O)N[C@@H](CSC)C(=O)CC(CCCN=C(NC(=O)OC(C)(C)C)NC(=O)OC(C)(C)C)C(=O)Nc1nc(-c2ccccc2)ns1. The first-order chi connectivity index (χ1) is 23.9. The second-order valence-corrected chi connectivity index (χ2v) is 15.2. The summed E-state index contributed by atoms with van der Waals surface area (Å²) in [6.45, 7) is 13.8. The fraction of sp³-hybridized carbons (Fsp3) is 0.588. The van der Waals surface area contributed by atoms with Crippen molar-refractivity contribution in [3.05, 3.63) is 30.3 Å². The highest BCUT2D eigenvalue weighted by molar-refractivity contribution is 7.98. The van der Waals surface area contributed by atoms with Gasteiger partial charge in [0.1, 0.15) is 17.3 Å². The molecule has 2 unspecified atom stereocenters. The Morgan fingerprint density at radius 3 is 2.10 bits per heavy atom. The lowest BCUT2D eigenvalue weighted by atomic mass is 9.93. The average Bonchev–Trinajstić information content (AvgIpc) is 3.48. The van der Waals surface area contributed by atoms with Crippen molar-refractivity contribution in [2.75, 3.05) is 23.9 Å². The molecule has 15 nitrogen and oxygen atoms in total. The predicted octanol–water partition coefficient (Wildman–Crippen LogP) is 6.16. The number of carbonyl (C=O) groups is 5. The summed E-state index contributed by atoms with van der Waals surface area (Å²) < 4.78 is 20.2. The molecule has 4 amide bonds. The molecule has 1 aromatic heterocycles. The normalized spacial score (nSPS) is 13.1. The molecule has 1 aromatic carbocycles. The number of aromatic nitrogens is 2. The van der Waals surface area contributed by atoms with Crippen LogP contribution >= 0.6 is 23.3 Å². The number of hydrogen-bond donors (Lipinski definition) is 4. The third-order valence-corrected chi connectivity index (χ3v) is 7.92. The number of alkyl carbamates (subject to hydrolysis) is 3. The minimum atomic E-state index is -0.890. The zero-order valence-electron chi connectivity index (χ0n) is 30.8. The monoisotopic (exact) mass is 749 g/mol. The molecule has 3 atom stereocenters. The van der Waals surface area contributed by atoms with E-state index in [9.17, 15) is 24.0 Å². The largest absolute Gasteiger partial charge is 0.447 e. The maximum atomic E-state index is 13.6. The molecule has 282 valence electrons. The summed E-state index contributed by atoms with van der Waals surface area (Å²) in [5, 5.41) is 10.5. The molecular formula is C34H51N7O8S2. The molecule has 0 aliphatic carbocycles. The number of ether oxygens (including phenoxy) is 3. The van der Waals surface area contributed by atoms with E-state index < -0.39 is 47.3 Å². The van der Waals surface area contributed by atoms with E-state index in [1.165, 1.54) is 11.8 Å². The van der Waals surface area contributed by atoms with E-state index in [-0.39, 0.29) is 54.5 Å². The number of amides is 4. The number of ketones is 1. The number of rotatable bonds is 15. The van der Waals surface area contributed by atoms with Crippen LogP contribution in [0.5, 0.6) is 0 Å². The van der Waals surface area contributed by atoms with Gasteiger partial charge in [0.15, 0.2) is 11.6 Å². The van der Waals surface area contributed by atoms with Crippen LogP contribution in [0.2, 0.25) is 0 Å². The third-order valence-electron chi connectivity index (χ3n) is 6.62. The molecule has 0 fully saturated rings. The first-order valence-corrected chi connectivity index (χ1v) is 18.8. The third kappa shape index (κ3) is 17.5. The lowest BCUT2D eigenvalue weighted by Gasteiger charge is -2.22. The molecule has 0 aliphatic heterocycles. The van der Waals surface area contributed by atoms with Crippen molar-refractivity contribution >= 4 is 64.4 Å². The Balaban J connectivity index is 2.26. The number of guanidine groups is 1. The minimum Gasteiger partial charge on any atom is -0.447 e. The minimum absolute atomic E-state index is 0.0452. The van der Waals surface area contributed by atoms with Gasteiger partial charge in [0.2, 0.25) is 17.0 Å². The van der Waals surface area contributed by atoms with Crippen molar-refractivity contribution in [2.24, 2.45) is 10.9 Å². The molecule has 0 saturated carbocycles. The van der Waals surface area contributed by atoms with Gasteiger partial charge >= 0.3 is 18.3 Å². The van der Waals surface area contributed by atoms with E-state index in [0.717, 1.165) is 17.1 Å². The van der Waals surface area contributed by atoms with Crippen molar-refractivity contribution in [1.82, 2.24) is 25.3 Å². The summed E-state index contributed by atoms with van der Waals surface area (Å²) in [5.41, 5.74) is -0.835. The highest BCUT2D eigenvalue weighted by atomic mass is 32.2. The number of anilines is 1. The number of aliphatic imine (C=N–C) groups is 1. The van der Waals surface area contributed by atoms with E-state index in [4.69, 9.17) is 14.2 Å². The Labute approximate surface area is 308 Å². The highest BCUT2D eigenvalue weighted by Gasteiger charge is 2.29. The highest BCUT2D eigenvalue weighted by Crippen LogP contribution is 2.23. The van der Waals surface area contributed by atoms with Crippen molar-refractivity contribution in [3.8, 4) is 11.4 Å². The van der Waals surface area contributed by atoms with Gasteiger partial charge in [0.05, 0.1) is 6.04 Å². The van der Waals surface area contributed by atoms with Crippen LogP contribution in [-0.4, -0.2) is 87.2 Å². The van der Waals surface area contributed by atoms with Gasteiger partial charge in [-0.3, -0.25) is 25.2 Å². The molecule has 51 heavy (non-hydrogen) atoms. The zero-order chi connectivity index (χ0) is 38.2. The fourth-order valence-corrected chi connectivity index (χ4v) is 5.36. The van der Waals surface area contributed by atoms with Crippen LogP contribution in [0.1, 0.15) is 81.1 Å². The summed E-state index contributed by atoms with van der Waals surface area (Å²) >= 11 is 2.38. The van der Waals surface area contributed by atoms with Crippen LogP contribution in [0, 0.1) is 5.92 Å². The molecule has 0 bridgehead atoms. The quantitative estimate of drug-likeness (QED) is 0.0704. The van der Waals surface area contributed by atoms with Gasteiger partial charge in [-0.15, -0.1) is 0 Å². The Morgan fingerprint density at radius 1 is 0.941 bits per heavy atom. The number of Topliss-reactive ketones (excluding diaryl/α,β-unsaturated/α-hetero) is 1. The van der Waals surface area contributed by atoms with Crippen LogP contribution in [0.15, 0.2) is 35.3 Å². The second-order valence-electron chi connectivity index (χ2n) is 13.5. The van der Waals surface area contributed by atoms with Gasteiger partial charge in [-0.05, 0) is 74.0 Å². The maximum Gasteiger partial charge on any atom is 0.414 e. The number of benzene rings is 1. The topological polar surface area (TPSA) is 199 Å². The molecule has 2 rings (SSSR count). The smallest absolute Gasteiger partial charge is 0.414 e. The van der Waals surface area contributed by atoms with E-state index in [1.54, 1.807) is 54.7 Å². The van der Waals surface area contributed by atoms with E-state index in [1.807, 2.05) is 37.3 Å². The van der Waals surface area contributed by atoms with Gasteiger partial charge in [-0.1, -0.05) is 37.3 Å². The number of nitrogens with zero attached hydrogens (tertiary/aromatic N) is 3. The van der Waals surface area contributed by atoms with Crippen molar-refractivity contribution < 1.29 is 38.2 Å². The Kier molecular flexibility index (Phi) is 17.3. The number of carbonyl (C=O) groups excluding carboxylic acids is 5. The Hall–Kier alpha value is -4.25. The van der Waals surface area contributed by atoms with Crippen LogP contribution in [0.4, 0.5) is 19.5 Å². The lowest BCUT2D eigenvalue weighted by Crippen LogP contribution is -2.47. The van der Waals surface area contributed by atoms with E-state index in [2.05, 4.69) is 35.6 Å². The first kappa shape index (κ1) is 42.9. The molecule has 0 radical (unpaired) electrons. The maximum absolute atomic E-state index is 13.6.